The number of pyridine rings is 1. The molecule has 4 aromatic rings. The maximum absolute atomic E-state index is 13.7. The summed E-state index contributed by atoms with van der Waals surface area (Å²) in [6.07, 6.45) is 0.678. The number of carbonyl (C=O) groups excluding carboxylic acids is 2. The molecule has 0 fully saturated rings. The fraction of sp³-hybridized carbons (Fsp3) is 0.222. The van der Waals surface area contributed by atoms with Crippen molar-refractivity contribution in [1.29, 1.82) is 0 Å². The van der Waals surface area contributed by atoms with E-state index in [4.69, 9.17) is 9.72 Å². The van der Waals surface area contributed by atoms with Gasteiger partial charge in [-0.2, -0.15) is 0 Å². The molecule has 0 spiro atoms. The first kappa shape index (κ1) is 22.7. The number of carbonyl (C=O) groups is 2. The van der Waals surface area contributed by atoms with Crippen molar-refractivity contribution in [2.45, 2.75) is 34.1 Å². The van der Waals surface area contributed by atoms with Crippen molar-refractivity contribution < 1.29 is 14.3 Å². The highest BCUT2D eigenvalue weighted by molar-refractivity contribution is 7.16. The number of methoxy groups -OCH3 is 1. The average Bonchev–Trinajstić information content (AvgIpc) is 3.13. The van der Waals surface area contributed by atoms with E-state index < -0.39 is 5.97 Å². The van der Waals surface area contributed by atoms with Gasteiger partial charge in [-0.15, -0.1) is 11.3 Å². The summed E-state index contributed by atoms with van der Waals surface area (Å²) >= 11 is 1.40. The molecule has 0 aliphatic heterocycles. The summed E-state index contributed by atoms with van der Waals surface area (Å²) in [6, 6.07) is 15.7. The van der Waals surface area contributed by atoms with Crippen LogP contribution < -0.4 is 5.32 Å². The average molecular weight is 459 g/mol. The summed E-state index contributed by atoms with van der Waals surface area (Å²) in [6.45, 7) is 7.90. The van der Waals surface area contributed by atoms with Gasteiger partial charge in [0.1, 0.15) is 5.00 Å². The van der Waals surface area contributed by atoms with Gasteiger partial charge in [-0.3, -0.25) is 4.79 Å². The molecule has 2 aromatic carbocycles. The summed E-state index contributed by atoms with van der Waals surface area (Å²) in [5.74, 6) is -0.711. The largest absolute Gasteiger partial charge is 0.465 e. The Morgan fingerprint density at radius 1 is 1.00 bits per heavy atom. The monoisotopic (exact) mass is 458 g/mol. The number of nitrogens with one attached hydrogen (secondary N) is 1. The molecule has 0 aliphatic carbocycles. The number of aryl methyl sites for hydroxylation is 2. The minimum atomic E-state index is -0.442. The van der Waals surface area contributed by atoms with Crippen LogP contribution in [0, 0.1) is 20.8 Å². The van der Waals surface area contributed by atoms with E-state index in [0.717, 1.165) is 43.7 Å². The van der Waals surface area contributed by atoms with E-state index in [0.29, 0.717) is 22.5 Å². The molecular weight excluding hydrogens is 432 g/mol. The van der Waals surface area contributed by atoms with E-state index in [1.165, 1.54) is 18.4 Å². The number of nitrogens with zero attached hydrogens (tertiary/aromatic N) is 1. The number of amides is 1. The van der Waals surface area contributed by atoms with E-state index in [9.17, 15) is 9.59 Å². The summed E-state index contributed by atoms with van der Waals surface area (Å²) in [5, 5.41) is 4.29. The summed E-state index contributed by atoms with van der Waals surface area (Å²) < 4.78 is 5.01. The predicted molar refractivity (Wildman–Crippen MR) is 134 cm³/mol. The van der Waals surface area contributed by atoms with Gasteiger partial charge in [0.2, 0.25) is 0 Å². The van der Waals surface area contributed by atoms with Crippen molar-refractivity contribution in [1.82, 2.24) is 4.98 Å². The van der Waals surface area contributed by atoms with Gasteiger partial charge in [0, 0.05) is 15.8 Å². The van der Waals surface area contributed by atoms with Gasteiger partial charge in [-0.25, -0.2) is 9.78 Å². The molecule has 0 unspecified atom stereocenters. The van der Waals surface area contributed by atoms with Crippen LogP contribution >= 0.6 is 11.3 Å². The van der Waals surface area contributed by atoms with Crippen molar-refractivity contribution in [2.24, 2.45) is 0 Å². The second kappa shape index (κ2) is 9.16. The molecule has 0 saturated carbocycles. The standard InChI is InChI=1S/C27H26N2O3S/c1-6-19-17(4)33-26(23(19)27(31)32-5)29-25(30)22-16(3)24(18-13-11-15(2)12-14-18)28-21-10-8-7-9-20(21)22/h7-14H,6H2,1-5H3,(H,29,30). The fourth-order valence-electron chi connectivity index (χ4n) is 4.17. The van der Waals surface area contributed by atoms with Crippen molar-refractivity contribution in [3.63, 3.8) is 0 Å². The molecule has 0 bridgehead atoms. The molecule has 4 rings (SSSR count). The molecule has 6 heteroatoms. The van der Waals surface area contributed by atoms with Crippen LogP contribution in [0.15, 0.2) is 48.5 Å². The summed E-state index contributed by atoms with van der Waals surface area (Å²) in [4.78, 5) is 32.0. The highest BCUT2D eigenvalue weighted by atomic mass is 32.1. The first-order valence-electron chi connectivity index (χ1n) is 10.8. The van der Waals surface area contributed by atoms with E-state index in [-0.39, 0.29) is 5.91 Å². The SMILES string of the molecule is CCc1c(C)sc(NC(=O)c2c(C)c(-c3ccc(C)cc3)nc3ccccc23)c1C(=O)OC. The lowest BCUT2D eigenvalue weighted by Crippen LogP contribution is -2.17. The highest BCUT2D eigenvalue weighted by Crippen LogP contribution is 2.36. The second-order valence-electron chi connectivity index (χ2n) is 7.98. The van der Waals surface area contributed by atoms with E-state index in [1.807, 2.05) is 76.2 Å². The maximum atomic E-state index is 13.7. The molecule has 0 aliphatic rings. The molecule has 0 radical (unpaired) electrons. The van der Waals surface area contributed by atoms with Crippen LogP contribution in [0.5, 0.6) is 0 Å². The number of fused-ring (bicyclic) bond motifs is 1. The molecule has 168 valence electrons. The number of ether oxygens (including phenoxy) is 1. The Morgan fingerprint density at radius 2 is 1.70 bits per heavy atom. The van der Waals surface area contributed by atoms with Crippen molar-refractivity contribution >= 4 is 39.1 Å². The Balaban J connectivity index is 1.87. The summed E-state index contributed by atoms with van der Waals surface area (Å²) in [5.41, 5.74) is 6.30. The van der Waals surface area contributed by atoms with Crippen LogP contribution in [0.3, 0.4) is 0 Å². The first-order chi connectivity index (χ1) is 15.8. The highest BCUT2D eigenvalue weighted by Gasteiger charge is 2.25. The Kier molecular flexibility index (Phi) is 6.29. The van der Waals surface area contributed by atoms with Gasteiger partial charge in [-0.05, 0) is 44.4 Å². The smallest absolute Gasteiger partial charge is 0.341 e. The van der Waals surface area contributed by atoms with Gasteiger partial charge >= 0.3 is 5.97 Å². The number of hydrogen-bond acceptors (Lipinski definition) is 5. The number of thiophene rings is 1. The van der Waals surface area contributed by atoms with E-state index in [2.05, 4.69) is 5.32 Å². The molecule has 33 heavy (non-hydrogen) atoms. The van der Waals surface area contributed by atoms with Crippen LogP contribution in [-0.4, -0.2) is 24.0 Å². The Hall–Kier alpha value is -3.51. The lowest BCUT2D eigenvalue weighted by molar-refractivity contribution is 0.0601. The number of rotatable bonds is 5. The van der Waals surface area contributed by atoms with Gasteiger partial charge in [0.25, 0.3) is 5.91 Å². The third-order valence-electron chi connectivity index (χ3n) is 5.87. The minimum absolute atomic E-state index is 0.270. The zero-order chi connectivity index (χ0) is 23.7. The van der Waals surface area contributed by atoms with Crippen LogP contribution in [0.4, 0.5) is 5.00 Å². The number of hydrogen-bond donors (Lipinski definition) is 1. The third kappa shape index (κ3) is 4.14. The molecule has 1 N–H and O–H groups in total. The van der Waals surface area contributed by atoms with Crippen molar-refractivity contribution in [2.75, 3.05) is 12.4 Å². The van der Waals surface area contributed by atoms with E-state index >= 15 is 0 Å². The van der Waals surface area contributed by atoms with Crippen molar-refractivity contribution in [3.8, 4) is 11.3 Å². The predicted octanol–water partition coefficient (Wildman–Crippen LogP) is 6.49. The summed E-state index contributed by atoms with van der Waals surface area (Å²) in [7, 11) is 1.36. The Morgan fingerprint density at radius 3 is 2.36 bits per heavy atom. The Bertz CT molecular complexity index is 1370. The van der Waals surface area contributed by atoms with Crippen LogP contribution in [0.2, 0.25) is 0 Å². The number of aromatic nitrogens is 1. The number of anilines is 1. The Labute approximate surface area is 197 Å². The lowest BCUT2D eigenvalue weighted by atomic mass is 9.96. The van der Waals surface area contributed by atoms with E-state index in [1.54, 1.807) is 0 Å². The number of para-hydroxylation sites is 1. The van der Waals surface area contributed by atoms with Gasteiger partial charge in [0.05, 0.1) is 29.4 Å². The lowest BCUT2D eigenvalue weighted by Gasteiger charge is -2.15. The van der Waals surface area contributed by atoms with Gasteiger partial charge in [0.15, 0.2) is 0 Å². The third-order valence-corrected chi connectivity index (χ3v) is 6.93. The first-order valence-corrected chi connectivity index (χ1v) is 11.7. The zero-order valence-electron chi connectivity index (χ0n) is 19.4. The molecule has 0 atom stereocenters. The van der Waals surface area contributed by atoms with Crippen molar-refractivity contribution in [3.05, 3.63) is 81.2 Å². The maximum Gasteiger partial charge on any atom is 0.341 e. The molecule has 2 heterocycles. The number of benzene rings is 2. The number of esters is 1. The molecular formula is C27H26N2O3S. The molecule has 2 aromatic heterocycles. The van der Waals surface area contributed by atoms with Gasteiger partial charge in [-0.1, -0.05) is 55.0 Å². The van der Waals surface area contributed by atoms with Gasteiger partial charge < -0.3 is 10.1 Å². The second-order valence-corrected chi connectivity index (χ2v) is 9.21. The van der Waals surface area contributed by atoms with Crippen LogP contribution in [-0.2, 0) is 11.2 Å². The molecule has 0 saturated heterocycles. The van der Waals surface area contributed by atoms with Crippen LogP contribution in [0.25, 0.3) is 22.2 Å². The van der Waals surface area contributed by atoms with Crippen LogP contribution in [0.1, 0.15) is 49.2 Å². The zero-order valence-corrected chi connectivity index (χ0v) is 20.2. The fourth-order valence-corrected chi connectivity index (χ4v) is 5.30. The quantitative estimate of drug-likeness (QED) is 0.347. The molecule has 5 nitrogen and oxygen atoms in total. The normalized spacial score (nSPS) is 10.9. The molecule has 1 amide bonds. The topological polar surface area (TPSA) is 68.3 Å². The minimum Gasteiger partial charge on any atom is -0.465 e.